The van der Waals surface area contributed by atoms with Crippen molar-refractivity contribution in [2.75, 3.05) is 25.6 Å². The van der Waals surface area contributed by atoms with Gasteiger partial charge in [0.2, 0.25) is 0 Å². The molecule has 1 amide bonds. The number of hydrogen-bond acceptors (Lipinski definition) is 6. The van der Waals surface area contributed by atoms with E-state index in [9.17, 15) is 4.79 Å². The number of unbranched alkanes of at least 4 members (excludes halogenated alkanes) is 1. The van der Waals surface area contributed by atoms with Gasteiger partial charge in [-0.15, -0.1) is 0 Å². The topological polar surface area (TPSA) is 96.0 Å². The van der Waals surface area contributed by atoms with Gasteiger partial charge < -0.3 is 15.0 Å². The molecular formula is C25H30N6O2. The second-order valence-electron chi connectivity index (χ2n) is 8.68. The number of nitrogens with zero attached hydrogens (tertiary/aromatic N) is 4. The van der Waals surface area contributed by atoms with Gasteiger partial charge in [-0.25, -0.2) is 9.97 Å². The van der Waals surface area contributed by atoms with Crippen LogP contribution in [0.4, 0.5) is 5.82 Å². The first-order valence-electron chi connectivity index (χ1n) is 11.2. The molecule has 2 N–H and O–H groups in total. The molecule has 1 aliphatic rings. The predicted octanol–water partition coefficient (Wildman–Crippen LogP) is 3.79. The highest BCUT2D eigenvalue weighted by molar-refractivity contribution is 6.27. The number of benzene rings is 1. The van der Waals surface area contributed by atoms with E-state index >= 15 is 0 Å². The summed E-state index contributed by atoms with van der Waals surface area (Å²) in [7, 11) is 3.89. The Kier molecular flexibility index (Phi) is 6.44. The van der Waals surface area contributed by atoms with Gasteiger partial charge in [0, 0.05) is 26.7 Å². The molecule has 0 bridgehead atoms. The van der Waals surface area contributed by atoms with Crippen molar-refractivity contribution in [3.8, 4) is 5.75 Å². The van der Waals surface area contributed by atoms with Crippen LogP contribution >= 0.6 is 0 Å². The third-order valence-electron chi connectivity index (χ3n) is 5.91. The van der Waals surface area contributed by atoms with Gasteiger partial charge in [-0.05, 0) is 54.3 Å². The number of aromatic amines is 1. The molecule has 0 unspecified atom stereocenters. The second kappa shape index (κ2) is 9.44. The van der Waals surface area contributed by atoms with Crippen LogP contribution in [0.2, 0.25) is 0 Å². The molecule has 0 radical (unpaired) electrons. The fourth-order valence-electron chi connectivity index (χ4n) is 4.02. The van der Waals surface area contributed by atoms with Crippen molar-refractivity contribution < 1.29 is 9.53 Å². The van der Waals surface area contributed by atoms with E-state index in [0.717, 1.165) is 41.1 Å². The summed E-state index contributed by atoms with van der Waals surface area (Å²) in [6.07, 6.45) is 5.91. The third kappa shape index (κ3) is 4.74. The highest BCUT2D eigenvalue weighted by atomic mass is 16.5. The van der Waals surface area contributed by atoms with E-state index in [0.29, 0.717) is 24.4 Å². The summed E-state index contributed by atoms with van der Waals surface area (Å²) >= 11 is 0. The lowest BCUT2D eigenvalue weighted by Crippen LogP contribution is -2.47. The minimum atomic E-state index is -0.599. The average Bonchev–Trinajstić information content (AvgIpc) is 3.33. The van der Waals surface area contributed by atoms with Crippen LogP contribution in [0.3, 0.4) is 0 Å². The van der Waals surface area contributed by atoms with E-state index in [2.05, 4.69) is 32.4 Å². The zero-order valence-electron chi connectivity index (χ0n) is 19.6. The monoisotopic (exact) mass is 446 g/mol. The van der Waals surface area contributed by atoms with Gasteiger partial charge in [0.1, 0.15) is 17.9 Å². The molecule has 2 aromatic heterocycles. The number of H-pyrrole nitrogens is 1. The Balaban J connectivity index is 1.70. The predicted molar refractivity (Wildman–Crippen MR) is 129 cm³/mol. The van der Waals surface area contributed by atoms with Crippen LogP contribution in [0.1, 0.15) is 50.1 Å². The molecule has 33 heavy (non-hydrogen) atoms. The number of carbonyl (C=O) groups is 1. The Labute approximate surface area is 194 Å². The molecule has 0 saturated carbocycles. The Morgan fingerprint density at radius 1 is 1.12 bits per heavy atom. The number of aromatic nitrogens is 4. The first kappa shape index (κ1) is 22.5. The molecule has 3 aromatic rings. The summed E-state index contributed by atoms with van der Waals surface area (Å²) in [4.78, 5) is 24.1. The lowest BCUT2D eigenvalue weighted by atomic mass is 9.78. The van der Waals surface area contributed by atoms with Crippen LogP contribution in [-0.2, 0) is 10.3 Å². The Morgan fingerprint density at radius 2 is 1.91 bits per heavy atom. The van der Waals surface area contributed by atoms with Crippen LogP contribution in [0.25, 0.3) is 11.1 Å². The second-order valence-corrected chi connectivity index (χ2v) is 8.68. The molecule has 8 heteroatoms. The van der Waals surface area contributed by atoms with Crippen LogP contribution in [0, 0.1) is 0 Å². The highest BCUT2D eigenvalue weighted by Crippen LogP contribution is 2.41. The van der Waals surface area contributed by atoms with Gasteiger partial charge in [0.05, 0.1) is 17.7 Å². The van der Waals surface area contributed by atoms with E-state index in [-0.39, 0.29) is 5.91 Å². The van der Waals surface area contributed by atoms with E-state index in [1.165, 1.54) is 6.33 Å². The molecule has 0 spiro atoms. The quantitative estimate of drug-likeness (QED) is 0.511. The summed E-state index contributed by atoms with van der Waals surface area (Å²) in [5.41, 5.74) is 2.65. The number of hydrogen-bond donors (Lipinski definition) is 2. The van der Waals surface area contributed by atoms with Gasteiger partial charge in [0.15, 0.2) is 5.82 Å². The van der Waals surface area contributed by atoms with Gasteiger partial charge in [0.25, 0.3) is 5.91 Å². The van der Waals surface area contributed by atoms with Crippen molar-refractivity contribution in [1.29, 1.82) is 0 Å². The van der Waals surface area contributed by atoms with Gasteiger partial charge in [-0.2, -0.15) is 5.10 Å². The maximum absolute atomic E-state index is 13.4. The molecule has 3 heterocycles. The number of ether oxygens (including phenoxy) is 1. The summed E-state index contributed by atoms with van der Waals surface area (Å²) in [5.74, 6) is 1.93. The normalized spacial score (nSPS) is 18.2. The van der Waals surface area contributed by atoms with Gasteiger partial charge >= 0.3 is 0 Å². The largest absolute Gasteiger partial charge is 0.494 e. The Morgan fingerprint density at radius 3 is 2.52 bits per heavy atom. The summed E-state index contributed by atoms with van der Waals surface area (Å²) < 4.78 is 5.80. The minimum Gasteiger partial charge on any atom is -0.494 e. The number of pyridine rings is 1. The van der Waals surface area contributed by atoms with Crippen molar-refractivity contribution >= 4 is 22.9 Å². The smallest absolute Gasteiger partial charge is 0.256 e. The number of nitrogens with one attached hydrogen (secondary N) is 2. The van der Waals surface area contributed by atoms with Crippen molar-refractivity contribution in [3.05, 3.63) is 65.9 Å². The summed E-state index contributed by atoms with van der Waals surface area (Å²) in [5, 5.41) is 9.98. The van der Waals surface area contributed by atoms with Crippen LogP contribution in [0.15, 0.2) is 48.9 Å². The van der Waals surface area contributed by atoms with E-state index in [1.54, 1.807) is 0 Å². The van der Waals surface area contributed by atoms with Crippen LogP contribution in [0.5, 0.6) is 5.75 Å². The lowest BCUT2D eigenvalue weighted by Gasteiger charge is -2.37. The third-order valence-corrected chi connectivity index (χ3v) is 5.91. The maximum Gasteiger partial charge on any atom is 0.256 e. The number of carbonyl (C=O) groups excluding carboxylic acids is 1. The average molecular weight is 447 g/mol. The molecule has 1 aliphatic heterocycles. The Hall–Kier alpha value is -3.68. The minimum absolute atomic E-state index is 0.199. The molecule has 0 aliphatic carbocycles. The first-order valence-corrected chi connectivity index (χ1v) is 11.2. The van der Waals surface area contributed by atoms with Crippen molar-refractivity contribution in [2.24, 2.45) is 0 Å². The van der Waals surface area contributed by atoms with Crippen molar-refractivity contribution in [2.45, 2.75) is 38.6 Å². The SMILES string of the molecule is CCCCOc1ccc([C@]2(C)CC(c3ccc(N(C)C)nc3)=C(c3ncn[nH]3)C(=O)N2)cc1. The van der Waals surface area contributed by atoms with Crippen LogP contribution < -0.4 is 15.0 Å². The number of rotatable bonds is 8. The molecule has 1 atom stereocenters. The maximum atomic E-state index is 13.4. The molecule has 0 saturated heterocycles. The molecule has 172 valence electrons. The lowest BCUT2D eigenvalue weighted by molar-refractivity contribution is -0.117. The summed E-state index contributed by atoms with van der Waals surface area (Å²) in [6, 6.07) is 11.9. The van der Waals surface area contributed by atoms with Gasteiger partial charge in [-0.1, -0.05) is 25.5 Å². The van der Waals surface area contributed by atoms with Crippen LogP contribution in [-0.4, -0.2) is 46.8 Å². The van der Waals surface area contributed by atoms with Crippen molar-refractivity contribution in [3.63, 3.8) is 0 Å². The molecule has 4 rings (SSSR count). The summed E-state index contributed by atoms with van der Waals surface area (Å²) in [6.45, 7) is 4.88. The van der Waals surface area contributed by atoms with E-state index < -0.39 is 5.54 Å². The zero-order chi connectivity index (χ0) is 23.4. The van der Waals surface area contributed by atoms with E-state index in [1.807, 2.05) is 68.5 Å². The molecular weight excluding hydrogens is 416 g/mol. The standard InChI is InChI=1S/C25H30N6O2/c1-5-6-13-33-19-10-8-18(9-11-19)25(2)14-20(17-7-12-21(26-15-17)31(3)4)22(24(32)29-25)23-27-16-28-30-23/h7-12,15-16H,5-6,13-14H2,1-4H3,(H,29,32)(H,27,28,30)/t25-/m0/s1. The van der Waals surface area contributed by atoms with Crippen molar-refractivity contribution in [1.82, 2.24) is 25.5 Å². The van der Waals surface area contributed by atoms with Gasteiger partial charge in [-0.3, -0.25) is 9.89 Å². The number of amides is 1. The molecule has 1 aromatic carbocycles. The zero-order valence-corrected chi connectivity index (χ0v) is 19.6. The first-order chi connectivity index (χ1) is 15.9. The molecule has 8 nitrogen and oxygen atoms in total. The fourth-order valence-corrected chi connectivity index (χ4v) is 4.02. The number of anilines is 1. The van der Waals surface area contributed by atoms with E-state index in [4.69, 9.17) is 4.74 Å². The Bertz CT molecular complexity index is 1120. The molecule has 0 fully saturated rings. The highest BCUT2D eigenvalue weighted by Gasteiger charge is 2.39. The fraction of sp³-hybridized carbons (Fsp3) is 0.360.